The molecule has 6 heteroatoms. The van der Waals surface area contributed by atoms with Gasteiger partial charge in [0.1, 0.15) is 6.04 Å². The smallest absolute Gasteiger partial charge is 0.172 e. The van der Waals surface area contributed by atoms with E-state index in [1.54, 1.807) is 9.58 Å². The molecule has 3 atom stereocenters. The summed E-state index contributed by atoms with van der Waals surface area (Å²) in [7, 11) is 1.90. The molecule has 3 rings (SSSR count). The number of rotatable bonds is 5. The van der Waals surface area contributed by atoms with Crippen LogP contribution in [0, 0.1) is 13.8 Å². The number of hydrogen-bond donors (Lipinski definition) is 1. The molecule has 0 amide bonds. The summed E-state index contributed by atoms with van der Waals surface area (Å²) in [5.41, 5.74) is 4.05. The quantitative estimate of drug-likeness (QED) is 0.688. The van der Waals surface area contributed by atoms with E-state index in [9.17, 15) is 4.79 Å². The first-order valence-electron chi connectivity index (χ1n) is 9.03. The largest absolute Gasteiger partial charge is 1.00 e. The summed E-state index contributed by atoms with van der Waals surface area (Å²) in [6.45, 7) is 8.26. The summed E-state index contributed by atoms with van der Waals surface area (Å²) in [6.07, 6.45) is 0.596. The normalized spacial score (nSPS) is 22.7. The monoisotopic (exact) mass is 393 g/mol. The number of quaternary nitrogens is 1. The van der Waals surface area contributed by atoms with Crippen molar-refractivity contribution in [3.8, 4) is 0 Å². The van der Waals surface area contributed by atoms with Crippen LogP contribution in [0.1, 0.15) is 45.9 Å². The molecule has 1 N–H and O–H groups in total. The van der Waals surface area contributed by atoms with Crippen LogP contribution < -0.4 is 17.3 Å². The van der Waals surface area contributed by atoms with E-state index in [-0.39, 0.29) is 18.2 Å². The van der Waals surface area contributed by atoms with Crippen molar-refractivity contribution >= 4 is 17.5 Å². The lowest BCUT2D eigenvalue weighted by Gasteiger charge is -2.36. The molecule has 0 bridgehead atoms. The van der Waals surface area contributed by atoms with Gasteiger partial charge >= 0.3 is 0 Å². The van der Waals surface area contributed by atoms with E-state index in [0.717, 1.165) is 35.8 Å². The van der Waals surface area contributed by atoms with Crippen LogP contribution in [-0.2, 0) is 7.05 Å². The predicted octanol–water partition coefficient (Wildman–Crippen LogP) is -0.625. The third kappa shape index (κ3) is 4.33. The average Bonchev–Trinajstić information content (AvgIpc) is 2.87. The molecule has 1 saturated heterocycles. The second kappa shape index (κ2) is 9.07. The lowest BCUT2D eigenvalue weighted by molar-refractivity contribution is -0.922. The number of ketones is 1. The minimum atomic E-state index is 0. The van der Waals surface area contributed by atoms with Crippen LogP contribution in [0.25, 0.3) is 0 Å². The first kappa shape index (κ1) is 21.0. The van der Waals surface area contributed by atoms with Gasteiger partial charge in [-0.05, 0) is 26.3 Å². The topological polar surface area (TPSA) is 39.3 Å². The van der Waals surface area contributed by atoms with Gasteiger partial charge in [0, 0.05) is 18.5 Å². The van der Waals surface area contributed by atoms with E-state index in [1.807, 2.05) is 32.7 Å². The van der Waals surface area contributed by atoms with Crippen LogP contribution in [0.15, 0.2) is 30.3 Å². The van der Waals surface area contributed by atoms with Gasteiger partial charge in [0.05, 0.1) is 36.0 Å². The minimum Gasteiger partial charge on any atom is -1.00 e. The Morgan fingerprint density at radius 2 is 2.00 bits per heavy atom. The van der Waals surface area contributed by atoms with Gasteiger partial charge in [0.15, 0.2) is 5.78 Å². The summed E-state index contributed by atoms with van der Waals surface area (Å²) in [6, 6.07) is 11.3. The molecule has 3 unspecified atom stereocenters. The molecule has 1 aliphatic rings. The summed E-state index contributed by atoms with van der Waals surface area (Å²) >= 11 is 2.05. The van der Waals surface area contributed by atoms with Crippen molar-refractivity contribution in [3.05, 3.63) is 52.8 Å². The van der Waals surface area contributed by atoms with Crippen molar-refractivity contribution in [1.82, 2.24) is 9.78 Å². The van der Waals surface area contributed by atoms with Gasteiger partial charge in [-0.2, -0.15) is 5.10 Å². The Kier molecular flexibility index (Phi) is 7.33. The Hall–Kier alpha value is -1.30. The van der Waals surface area contributed by atoms with Crippen LogP contribution in [0.4, 0.5) is 0 Å². The number of Topliss-reactive ketones (excluding diaryl/α,β-unsaturated/α-hetero) is 1. The zero-order valence-electron chi connectivity index (χ0n) is 16.0. The van der Waals surface area contributed by atoms with Crippen LogP contribution >= 0.6 is 11.8 Å². The fourth-order valence-corrected chi connectivity index (χ4v) is 5.32. The van der Waals surface area contributed by atoms with Crippen LogP contribution in [0.3, 0.4) is 0 Å². The highest BCUT2D eigenvalue weighted by molar-refractivity contribution is 7.99. The Labute approximate surface area is 166 Å². The maximum absolute atomic E-state index is 12.7. The molecule has 0 saturated carbocycles. The van der Waals surface area contributed by atoms with E-state index in [4.69, 9.17) is 0 Å². The fraction of sp³-hybridized carbons (Fsp3) is 0.500. The van der Waals surface area contributed by atoms with Gasteiger partial charge < -0.3 is 17.3 Å². The van der Waals surface area contributed by atoms with Gasteiger partial charge in [-0.1, -0.05) is 30.3 Å². The molecule has 2 aromatic rings. The molecule has 0 aliphatic carbocycles. The maximum Gasteiger partial charge on any atom is 0.172 e. The number of thioether (sulfide) groups is 1. The number of carbonyl (C=O) groups is 1. The third-order valence-corrected chi connectivity index (χ3v) is 6.89. The van der Waals surface area contributed by atoms with Gasteiger partial charge in [-0.3, -0.25) is 9.48 Å². The van der Waals surface area contributed by atoms with Crippen LogP contribution in [0.2, 0.25) is 0 Å². The highest BCUT2D eigenvalue weighted by Crippen LogP contribution is 2.32. The van der Waals surface area contributed by atoms with Crippen molar-refractivity contribution in [2.45, 2.75) is 38.5 Å². The Bertz CT molecular complexity index is 747. The molecule has 1 fully saturated rings. The first-order valence-corrected chi connectivity index (χ1v) is 10.1. The lowest BCUT2D eigenvalue weighted by atomic mass is 10.0. The van der Waals surface area contributed by atoms with E-state index < -0.39 is 0 Å². The molecular formula is C20H28ClN3OS. The third-order valence-electron chi connectivity index (χ3n) is 5.41. The molecule has 2 heterocycles. The predicted molar refractivity (Wildman–Crippen MR) is 103 cm³/mol. The van der Waals surface area contributed by atoms with Gasteiger partial charge in [0.2, 0.25) is 0 Å². The number of nitrogens with one attached hydrogen (secondary N) is 1. The molecule has 4 nitrogen and oxygen atoms in total. The molecule has 0 spiro atoms. The number of hydrogen-bond acceptors (Lipinski definition) is 3. The zero-order valence-corrected chi connectivity index (χ0v) is 17.5. The van der Waals surface area contributed by atoms with Gasteiger partial charge in [-0.15, -0.1) is 11.8 Å². The second-order valence-corrected chi connectivity index (χ2v) is 8.24. The van der Waals surface area contributed by atoms with E-state index in [2.05, 4.69) is 42.4 Å². The Balaban J connectivity index is 0.00000243. The van der Waals surface area contributed by atoms with E-state index in [1.165, 1.54) is 5.56 Å². The molecule has 0 radical (unpaired) electrons. The molecule has 1 aromatic heterocycles. The fourth-order valence-electron chi connectivity index (χ4n) is 3.86. The van der Waals surface area contributed by atoms with E-state index >= 15 is 0 Å². The molecular weight excluding hydrogens is 366 g/mol. The van der Waals surface area contributed by atoms with E-state index in [0.29, 0.717) is 17.7 Å². The van der Waals surface area contributed by atoms with Crippen molar-refractivity contribution < 1.29 is 22.1 Å². The Morgan fingerprint density at radius 1 is 1.31 bits per heavy atom. The maximum atomic E-state index is 12.7. The Morgan fingerprint density at radius 3 is 2.62 bits per heavy atom. The highest BCUT2D eigenvalue weighted by atomic mass is 35.5. The summed E-state index contributed by atoms with van der Waals surface area (Å²) < 4.78 is 1.81. The molecule has 26 heavy (non-hydrogen) atoms. The second-order valence-electron chi connectivity index (χ2n) is 6.99. The van der Waals surface area contributed by atoms with Crippen molar-refractivity contribution in [2.75, 3.05) is 18.8 Å². The van der Waals surface area contributed by atoms with Crippen LogP contribution in [0.5, 0.6) is 0 Å². The molecule has 1 aliphatic heterocycles. The standard InChI is InChI=1S/C20H27N3OS.ClH/c1-14-19(15(2)22(4)21-14)18(24)10-11-23-12-13-25-20(16(23)3)17-8-6-5-7-9-17;/h5-9,16,20H,10-13H2,1-4H3;1H. The number of nitrogens with zero attached hydrogens (tertiary/aromatic N) is 2. The number of halogens is 1. The van der Waals surface area contributed by atoms with Crippen molar-refractivity contribution in [2.24, 2.45) is 7.05 Å². The van der Waals surface area contributed by atoms with Crippen molar-refractivity contribution in [3.63, 3.8) is 0 Å². The highest BCUT2D eigenvalue weighted by Gasteiger charge is 2.33. The number of aryl methyl sites for hydroxylation is 2. The number of carbonyl (C=O) groups excluding carboxylic acids is 1. The summed E-state index contributed by atoms with van der Waals surface area (Å²) in [5, 5.41) is 4.89. The zero-order chi connectivity index (χ0) is 18.0. The van der Waals surface area contributed by atoms with Gasteiger partial charge in [0.25, 0.3) is 0 Å². The summed E-state index contributed by atoms with van der Waals surface area (Å²) in [5.74, 6) is 1.38. The SMILES string of the molecule is Cc1nn(C)c(C)c1C(=O)CC[NH+]1CCSC(c2ccccc2)C1C.[Cl-]. The summed E-state index contributed by atoms with van der Waals surface area (Å²) in [4.78, 5) is 14.3. The first-order chi connectivity index (χ1) is 12.0. The molecule has 142 valence electrons. The average molecular weight is 394 g/mol. The molecule has 1 aromatic carbocycles. The van der Waals surface area contributed by atoms with Crippen LogP contribution in [-0.4, -0.2) is 40.4 Å². The minimum absolute atomic E-state index is 0. The lowest BCUT2D eigenvalue weighted by Crippen LogP contribution is -3.17. The number of benzene rings is 1. The number of aromatic nitrogens is 2. The van der Waals surface area contributed by atoms with Crippen molar-refractivity contribution in [1.29, 1.82) is 0 Å². The van der Waals surface area contributed by atoms with Gasteiger partial charge in [-0.25, -0.2) is 0 Å².